The lowest BCUT2D eigenvalue weighted by molar-refractivity contribution is -0.235. The molecular formula is C35H66N4O22. The second-order valence-corrected chi connectivity index (χ2v) is 14.4. The number of ether oxygens (including phenoxy) is 1. The number of rotatable bonds is 26. The Bertz CT molecular complexity index is 1330. The number of carboxylic acid groups (broad SMARTS) is 3. The van der Waals surface area contributed by atoms with Gasteiger partial charge in [-0.2, -0.15) is 0 Å². The van der Waals surface area contributed by atoms with Crippen LogP contribution >= 0.6 is 0 Å². The average Bonchev–Trinajstić information content (AvgIpc) is 3.21. The Morgan fingerprint density at radius 1 is 0.607 bits per heavy atom. The van der Waals surface area contributed by atoms with Gasteiger partial charge in [0.05, 0.1) is 50.2 Å². The molecule has 1 fully saturated rings. The maximum absolute atomic E-state index is 11.6. The summed E-state index contributed by atoms with van der Waals surface area (Å²) in [4.78, 5) is 65.9. The van der Waals surface area contributed by atoms with Gasteiger partial charge in [-0.1, -0.05) is 13.8 Å². The van der Waals surface area contributed by atoms with Crippen LogP contribution in [0.15, 0.2) is 0 Å². The van der Waals surface area contributed by atoms with Crippen LogP contribution in [0.3, 0.4) is 0 Å². The van der Waals surface area contributed by atoms with E-state index >= 15 is 0 Å². The highest BCUT2D eigenvalue weighted by Crippen LogP contribution is 2.25. The van der Waals surface area contributed by atoms with E-state index in [2.05, 4.69) is 5.32 Å². The molecule has 1 aliphatic heterocycles. The third kappa shape index (κ3) is 23.0. The van der Waals surface area contributed by atoms with Gasteiger partial charge < -0.3 is 104 Å². The lowest BCUT2D eigenvalue weighted by Crippen LogP contribution is -2.61. The van der Waals surface area contributed by atoms with E-state index in [1.807, 2.05) is 0 Å². The predicted octanol–water partition coefficient (Wildman–Crippen LogP) is -8.07. The SMILES string of the molecule is CC1C(CO)OC(O)C(NC(=O)CC(N)C(=O)O)C1O.CC[C@@H](O)[C@@H](O)[C@H](O)[C@@H](O)CCC(=O)CC(N)C(=O)O.NC(CCC(=O)CC[C@H](O)[C@@H](O)[C@H](O)[C@H](O)CO)C(=O)O. The first-order chi connectivity index (χ1) is 28.2. The van der Waals surface area contributed by atoms with Crippen LogP contribution in [-0.4, -0.2) is 217 Å². The second kappa shape index (κ2) is 30.6. The van der Waals surface area contributed by atoms with Gasteiger partial charge in [-0.3, -0.25) is 28.8 Å². The number of carbonyl (C=O) groups is 6. The van der Waals surface area contributed by atoms with Crippen LogP contribution in [0.4, 0.5) is 0 Å². The topological polar surface area (TPSA) is 505 Å². The molecule has 0 bridgehead atoms. The number of carboxylic acids is 3. The molecule has 0 radical (unpaired) electrons. The fourth-order valence-electron chi connectivity index (χ4n) is 5.22. The van der Waals surface area contributed by atoms with E-state index in [0.717, 1.165) is 0 Å². The molecule has 1 heterocycles. The quantitative estimate of drug-likeness (QED) is 0.0383. The number of hydrogen-bond donors (Lipinski definition) is 19. The number of nitrogens with one attached hydrogen (secondary N) is 1. The largest absolute Gasteiger partial charge is 0.480 e. The lowest BCUT2D eigenvalue weighted by Gasteiger charge is -2.41. The van der Waals surface area contributed by atoms with Crippen molar-refractivity contribution in [1.82, 2.24) is 5.32 Å². The van der Waals surface area contributed by atoms with Gasteiger partial charge in [0.1, 0.15) is 66.3 Å². The summed E-state index contributed by atoms with van der Waals surface area (Å²) in [6.07, 6.45) is -16.9. The van der Waals surface area contributed by atoms with Gasteiger partial charge in [0, 0.05) is 31.6 Å². The van der Waals surface area contributed by atoms with Crippen LogP contribution in [0.5, 0.6) is 0 Å². The van der Waals surface area contributed by atoms with E-state index < -0.39 is 140 Å². The van der Waals surface area contributed by atoms with Crippen molar-refractivity contribution in [3.63, 3.8) is 0 Å². The maximum Gasteiger partial charge on any atom is 0.321 e. The predicted molar refractivity (Wildman–Crippen MR) is 204 cm³/mol. The van der Waals surface area contributed by atoms with Crippen molar-refractivity contribution in [1.29, 1.82) is 0 Å². The standard InChI is InChI=1S/C12H23NO8.C12H23NO7.C11H20N2O7/c13-7(12(20)21)3-1-6(15)2-4-8(16)10(18)11(19)9(17)5-14;1-2-8(15)10(17)11(18)9(16)4-3-6(14)5-7(13)12(19)20;1-4-6(3-14)20-11(19)8(9(4)16)13-7(15)2-5(12)10(17)18/h7-11,14,16-19H,1-5,13H2,(H,20,21);7-11,15-18H,2-5,13H2,1H3,(H,19,20);4-6,8-9,11,14,16,19H,2-3,12H2,1H3,(H,13,15)(H,17,18)/t7?,8-,9+,10+,11+;7?,8-,9+,10-,11-;/m01./s1. The summed E-state index contributed by atoms with van der Waals surface area (Å²) in [5, 5.41) is 141. The first-order valence-electron chi connectivity index (χ1n) is 19.1. The summed E-state index contributed by atoms with van der Waals surface area (Å²) in [7, 11) is 0. The molecule has 0 aromatic heterocycles. The summed E-state index contributed by atoms with van der Waals surface area (Å²) in [6.45, 7) is 2.04. The van der Waals surface area contributed by atoms with E-state index in [9.17, 15) is 74.7 Å². The van der Waals surface area contributed by atoms with E-state index in [0.29, 0.717) is 0 Å². The normalized spacial score (nSPS) is 24.2. The molecule has 26 nitrogen and oxygen atoms in total. The van der Waals surface area contributed by atoms with Gasteiger partial charge in [-0.05, 0) is 25.7 Å². The zero-order chi connectivity index (χ0) is 47.9. The van der Waals surface area contributed by atoms with Gasteiger partial charge in [-0.25, -0.2) is 0 Å². The lowest BCUT2D eigenvalue weighted by atomic mass is 9.89. The van der Waals surface area contributed by atoms with Crippen LogP contribution in [0.25, 0.3) is 0 Å². The summed E-state index contributed by atoms with van der Waals surface area (Å²) in [5.41, 5.74) is 15.6. The Hall–Kier alpha value is -3.42. The minimum absolute atomic E-state index is 0.0291. The first-order valence-corrected chi connectivity index (χ1v) is 19.1. The number of carbonyl (C=O) groups excluding carboxylic acids is 3. The summed E-state index contributed by atoms with van der Waals surface area (Å²) in [5.74, 6) is -5.86. The number of aliphatic hydroxyl groups is 12. The molecule has 0 aromatic carbocycles. The van der Waals surface area contributed by atoms with Gasteiger partial charge in [-0.15, -0.1) is 0 Å². The van der Waals surface area contributed by atoms with Crippen molar-refractivity contribution < 1.29 is 110 Å². The number of aliphatic carboxylic acids is 3. The van der Waals surface area contributed by atoms with E-state index in [-0.39, 0.29) is 63.8 Å². The van der Waals surface area contributed by atoms with Crippen LogP contribution in [0.2, 0.25) is 0 Å². The highest BCUT2D eigenvalue weighted by atomic mass is 16.6. The van der Waals surface area contributed by atoms with Gasteiger partial charge >= 0.3 is 17.9 Å². The Morgan fingerprint density at radius 2 is 1.02 bits per heavy atom. The highest BCUT2D eigenvalue weighted by Gasteiger charge is 2.43. The van der Waals surface area contributed by atoms with Crippen molar-refractivity contribution in [2.45, 2.75) is 163 Å². The summed E-state index contributed by atoms with van der Waals surface area (Å²) in [6, 6.07) is -4.90. The molecule has 16 atom stereocenters. The minimum atomic E-state index is -1.74. The monoisotopic (exact) mass is 894 g/mol. The number of ketones is 2. The van der Waals surface area contributed by atoms with Crippen LogP contribution < -0.4 is 22.5 Å². The third-order valence-electron chi connectivity index (χ3n) is 9.48. The Balaban J connectivity index is 0. The molecule has 0 aromatic rings. The molecule has 0 saturated carbocycles. The number of amides is 1. The molecule has 26 heteroatoms. The Morgan fingerprint density at radius 3 is 1.44 bits per heavy atom. The van der Waals surface area contributed by atoms with Crippen molar-refractivity contribution in [3.8, 4) is 0 Å². The number of aliphatic hydroxyl groups excluding tert-OH is 12. The number of Topliss-reactive ketones (excluding diaryl/α,β-unsaturated/α-hetero) is 2. The molecule has 1 aliphatic rings. The highest BCUT2D eigenvalue weighted by molar-refractivity contribution is 5.85. The van der Waals surface area contributed by atoms with E-state index in [4.69, 9.17) is 52.6 Å². The fourth-order valence-corrected chi connectivity index (χ4v) is 5.22. The van der Waals surface area contributed by atoms with Crippen LogP contribution in [0.1, 0.15) is 71.6 Å². The maximum atomic E-state index is 11.6. The van der Waals surface area contributed by atoms with E-state index in [1.165, 1.54) is 0 Å². The summed E-state index contributed by atoms with van der Waals surface area (Å²) < 4.78 is 5.07. The molecule has 0 spiro atoms. The Kier molecular flexibility index (Phi) is 29.9. The Labute approximate surface area is 350 Å². The van der Waals surface area contributed by atoms with Crippen LogP contribution in [0, 0.1) is 5.92 Å². The number of hydrogen-bond acceptors (Lipinski definition) is 22. The third-order valence-corrected chi connectivity index (χ3v) is 9.48. The number of nitrogens with two attached hydrogens (primary N) is 3. The summed E-state index contributed by atoms with van der Waals surface area (Å²) >= 11 is 0. The van der Waals surface area contributed by atoms with E-state index in [1.54, 1.807) is 13.8 Å². The van der Waals surface area contributed by atoms with Crippen molar-refractivity contribution in [2.24, 2.45) is 23.1 Å². The van der Waals surface area contributed by atoms with Gasteiger partial charge in [0.15, 0.2) is 6.29 Å². The zero-order valence-corrected chi connectivity index (χ0v) is 33.8. The molecule has 1 rings (SSSR count). The molecular weight excluding hydrogens is 828 g/mol. The zero-order valence-electron chi connectivity index (χ0n) is 33.8. The molecule has 1 amide bonds. The van der Waals surface area contributed by atoms with Crippen molar-refractivity contribution >= 4 is 35.4 Å². The van der Waals surface area contributed by atoms with Gasteiger partial charge in [0.25, 0.3) is 0 Å². The minimum Gasteiger partial charge on any atom is -0.480 e. The molecule has 22 N–H and O–H groups in total. The smallest absolute Gasteiger partial charge is 0.321 e. The fraction of sp³-hybridized carbons (Fsp3) is 0.829. The van der Waals surface area contributed by atoms with Crippen LogP contribution in [-0.2, 0) is 33.5 Å². The van der Waals surface area contributed by atoms with Crippen molar-refractivity contribution in [3.05, 3.63) is 0 Å². The molecule has 0 aliphatic carbocycles. The molecule has 1 saturated heterocycles. The average molecular weight is 895 g/mol. The first kappa shape index (κ1) is 59.7. The molecule has 8 unspecified atom stereocenters. The molecule has 358 valence electrons. The second-order valence-electron chi connectivity index (χ2n) is 14.4. The van der Waals surface area contributed by atoms with Crippen molar-refractivity contribution in [2.75, 3.05) is 13.2 Å². The molecule has 61 heavy (non-hydrogen) atoms. The van der Waals surface area contributed by atoms with Gasteiger partial charge in [0.2, 0.25) is 5.91 Å².